The average molecular weight is 456 g/mol. The van der Waals surface area contributed by atoms with E-state index in [9.17, 15) is 14.4 Å². The molecule has 3 aromatic rings. The standard InChI is InChI=1S/C21H17N3O3S3/c25-18(12-15-13-29-19(23-15)16-7-4-10-28-16)22-8-9-24-20(26)17(30-21(24)27)11-14-5-2-1-3-6-14/h1-7,10-11,13H,8-9,12H2,(H,22,25)/b17-11-. The van der Waals surface area contributed by atoms with Gasteiger partial charge >= 0.3 is 0 Å². The normalized spacial score (nSPS) is 15.2. The molecule has 152 valence electrons. The van der Waals surface area contributed by atoms with Gasteiger partial charge in [-0.2, -0.15) is 0 Å². The summed E-state index contributed by atoms with van der Waals surface area (Å²) in [6, 6.07) is 13.3. The molecule has 9 heteroatoms. The molecular formula is C21H17N3O3S3. The van der Waals surface area contributed by atoms with Crippen LogP contribution in [0.3, 0.4) is 0 Å². The number of thioether (sulfide) groups is 1. The minimum atomic E-state index is -0.330. The van der Waals surface area contributed by atoms with Crippen molar-refractivity contribution >= 4 is 57.6 Å². The molecule has 0 unspecified atom stereocenters. The molecule has 0 atom stereocenters. The average Bonchev–Trinajstić information content (AvgIpc) is 3.47. The molecule has 1 fully saturated rings. The van der Waals surface area contributed by atoms with Crippen LogP contribution in [-0.4, -0.2) is 40.0 Å². The molecule has 0 saturated carbocycles. The predicted octanol–water partition coefficient (Wildman–Crippen LogP) is 4.27. The fraction of sp³-hybridized carbons (Fsp3) is 0.143. The van der Waals surface area contributed by atoms with E-state index in [4.69, 9.17) is 0 Å². The fourth-order valence-corrected chi connectivity index (χ4v) is 5.33. The highest BCUT2D eigenvalue weighted by Gasteiger charge is 2.34. The number of carbonyl (C=O) groups is 3. The van der Waals surface area contributed by atoms with E-state index in [1.807, 2.05) is 53.2 Å². The van der Waals surface area contributed by atoms with E-state index in [1.54, 1.807) is 17.4 Å². The molecule has 0 radical (unpaired) electrons. The molecule has 0 bridgehead atoms. The summed E-state index contributed by atoms with van der Waals surface area (Å²) in [6.45, 7) is 0.345. The van der Waals surface area contributed by atoms with Crippen molar-refractivity contribution in [2.75, 3.05) is 13.1 Å². The van der Waals surface area contributed by atoms with Crippen LogP contribution in [0, 0.1) is 0 Å². The summed E-state index contributed by atoms with van der Waals surface area (Å²) in [6.07, 6.45) is 1.87. The maximum Gasteiger partial charge on any atom is 0.293 e. The molecule has 6 nitrogen and oxygen atoms in total. The van der Waals surface area contributed by atoms with Gasteiger partial charge in [-0.05, 0) is 34.8 Å². The van der Waals surface area contributed by atoms with Gasteiger partial charge < -0.3 is 5.32 Å². The van der Waals surface area contributed by atoms with Gasteiger partial charge in [0.25, 0.3) is 11.1 Å². The third-order valence-electron chi connectivity index (χ3n) is 4.25. The van der Waals surface area contributed by atoms with Crippen LogP contribution in [0.5, 0.6) is 0 Å². The molecule has 1 aliphatic rings. The number of thiazole rings is 1. The van der Waals surface area contributed by atoms with Gasteiger partial charge in [0.15, 0.2) is 0 Å². The number of carbonyl (C=O) groups excluding carboxylic acids is 3. The molecule has 0 spiro atoms. The van der Waals surface area contributed by atoms with E-state index in [0.29, 0.717) is 10.6 Å². The zero-order chi connectivity index (χ0) is 20.9. The quantitative estimate of drug-likeness (QED) is 0.539. The van der Waals surface area contributed by atoms with Gasteiger partial charge in [-0.3, -0.25) is 19.3 Å². The Balaban J connectivity index is 1.28. The Morgan fingerprint density at radius 1 is 1.10 bits per heavy atom. The van der Waals surface area contributed by atoms with Crippen molar-refractivity contribution in [3.63, 3.8) is 0 Å². The molecule has 3 heterocycles. The van der Waals surface area contributed by atoms with E-state index >= 15 is 0 Å². The summed E-state index contributed by atoms with van der Waals surface area (Å²) < 4.78 is 0. The van der Waals surface area contributed by atoms with Crippen LogP contribution in [0.2, 0.25) is 0 Å². The first-order valence-electron chi connectivity index (χ1n) is 9.15. The number of rotatable bonds is 7. The molecule has 0 aliphatic carbocycles. The second-order valence-electron chi connectivity index (χ2n) is 6.39. The van der Waals surface area contributed by atoms with Crippen LogP contribution in [0.4, 0.5) is 4.79 Å². The van der Waals surface area contributed by atoms with Crippen LogP contribution in [-0.2, 0) is 16.0 Å². The molecule has 2 aromatic heterocycles. The SMILES string of the molecule is O=C(Cc1csc(-c2cccs2)n1)NCCN1C(=O)S/C(=C\c2ccccc2)C1=O. The maximum atomic E-state index is 12.5. The number of amides is 3. The van der Waals surface area contributed by atoms with E-state index < -0.39 is 0 Å². The Bertz CT molecular complexity index is 1090. The van der Waals surface area contributed by atoms with E-state index in [-0.39, 0.29) is 36.6 Å². The van der Waals surface area contributed by atoms with Crippen LogP contribution < -0.4 is 5.32 Å². The van der Waals surface area contributed by atoms with E-state index in [2.05, 4.69) is 10.3 Å². The van der Waals surface area contributed by atoms with E-state index in [0.717, 1.165) is 32.1 Å². The molecule has 1 aromatic carbocycles. The Kier molecular flexibility index (Phi) is 6.41. The number of nitrogens with zero attached hydrogens (tertiary/aromatic N) is 2. The van der Waals surface area contributed by atoms with E-state index in [1.165, 1.54) is 11.3 Å². The number of hydrogen-bond acceptors (Lipinski definition) is 7. The number of thiophene rings is 1. The predicted molar refractivity (Wildman–Crippen MR) is 121 cm³/mol. The lowest BCUT2D eigenvalue weighted by Gasteiger charge is -2.12. The number of hydrogen-bond donors (Lipinski definition) is 1. The van der Waals surface area contributed by atoms with Gasteiger partial charge in [0.2, 0.25) is 5.91 Å². The molecule has 3 amide bonds. The summed E-state index contributed by atoms with van der Waals surface area (Å²) >= 11 is 4.03. The Morgan fingerprint density at radius 3 is 2.70 bits per heavy atom. The third-order valence-corrected chi connectivity index (χ3v) is 7.09. The highest BCUT2D eigenvalue weighted by Crippen LogP contribution is 2.32. The second kappa shape index (κ2) is 9.38. The van der Waals surface area contributed by atoms with Crippen LogP contribution in [0.15, 0.2) is 58.1 Å². The highest BCUT2D eigenvalue weighted by molar-refractivity contribution is 8.18. The van der Waals surface area contributed by atoms with Gasteiger partial charge in [0, 0.05) is 18.5 Å². The summed E-state index contributed by atoms with van der Waals surface area (Å²) in [5.74, 6) is -0.520. The van der Waals surface area contributed by atoms with Crippen molar-refractivity contribution in [2.24, 2.45) is 0 Å². The Morgan fingerprint density at radius 2 is 1.93 bits per heavy atom. The van der Waals surface area contributed by atoms with Gasteiger partial charge in [-0.1, -0.05) is 36.4 Å². The van der Waals surface area contributed by atoms with Gasteiger partial charge in [0.1, 0.15) is 5.01 Å². The topological polar surface area (TPSA) is 79.4 Å². The smallest absolute Gasteiger partial charge is 0.293 e. The monoisotopic (exact) mass is 455 g/mol. The van der Waals surface area contributed by atoms with Crippen molar-refractivity contribution in [3.8, 4) is 9.88 Å². The Hall–Kier alpha value is -2.75. The largest absolute Gasteiger partial charge is 0.354 e. The fourth-order valence-electron chi connectivity index (χ4n) is 2.83. The number of aromatic nitrogens is 1. The minimum absolute atomic E-state index is 0.139. The molecule has 4 rings (SSSR count). The number of imide groups is 1. The first-order valence-corrected chi connectivity index (χ1v) is 11.7. The summed E-state index contributed by atoms with van der Waals surface area (Å²) in [7, 11) is 0. The maximum absolute atomic E-state index is 12.5. The molecule has 1 saturated heterocycles. The molecular weight excluding hydrogens is 438 g/mol. The first-order chi connectivity index (χ1) is 14.6. The van der Waals surface area contributed by atoms with Crippen molar-refractivity contribution in [3.05, 3.63) is 69.4 Å². The summed E-state index contributed by atoms with van der Waals surface area (Å²) in [5, 5.41) is 7.20. The number of nitrogens with one attached hydrogen (secondary N) is 1. The lowest BCUT2D eigenvalue weighted by Crippen LogP contribution is -2.37. The zero-order valence-electron chi connectivity index (χ0n) is 15.7. The lowest BCUT2D eigenvalue weighted by atomic mass is 10.2. The lowest BCUT2D eigenvalue weighted by molar-refractivity contribution is -0.124. The molecule has 1 N–H and O–H groups in total. The highest BCUT2D eigenvalue weighted by atomic mass is 32.2. The second-order valence-corrected chi connectivity index (χ2v) is 9.19. The van der Waals surface area contributed by atoms with Gasteiger partial charge in [-0.15, -0.1) is 22.7 Å². The molecule has 30 heavy (non-hydrogen) atoms. The third kappa shape index (κ3) is 4.86. The summed E-state index contributed by atoms with van der Waals surface area (Å²) in [4.78, 5) is 44.0. The Labute approximate surface area is 185 Å². The van der Waals surface area contributed by atoms with Gasteiger partial charge in [0.05, 0.1) is 21.9 Å². The van der Waals surface area contributed by atoms with Crippen molar-refractivity contribution in [1.82, 2.24) is 15.2 Å². The van der Waals surface area contributed by atoms with Crippen LogP contribution >= 0.6 is 34.4 Å². The zero-order valence-corrected chi connectivity index (χ0v) is 18.2. The summed E-state index contributed by atoms with van der Waals surface area (Å²) in [5.41, 5.74) is 1.57. The van der Waals surface area contributed by atoms with Crippen LogP contribution in [0.25, 0.3) is 16.0 Å². The van der Waals surface area contributed by atoms with Gasteiger partial charge in [-0.25, -0.2) is 4.98 Å². The van der Waals surface area contributed by atoms with Crippen molar-refractivity contribution in [2.45, 2.75) is 6.42 Å². The number of benzene rings is 1. The minimum Gasteiger partial charge on any atom is -0.354 e. The first kappa shape index (κ1) is 20.5. The van der Waals surface area contributed by atoms with Crippen LogP contribution in [0.1, 0.15) is 11.3 Å². The van der Waals surface area contributed by atoms with Crippen molar-refractivity contribution in [1.29, 1.82) is 0 Å². The van der Waals surface area contributed by atoms with Crippen molar-refractivity contribution < 1.29 is 14.4 Å². The molecule has 1 aliphatic heterocycles.